The fraction of sp³-hybridized carbons (Fsp3) is 0.500. The number of nitrogens with one attached hydrogen (secondary N) is 1. The molecule has 0 atom stereocenters. The summed E-state index contributed by atoms with van der Waals surface area (Å²) in [5.74, 6) is 1.33. The molecule has 1 aromatic carbocycles. The Hall–Kier alpha value is -2.44. The van der Waals surface area contributed by atoms with Crippen molar-refractivity contribution in [3.8, 4) is 0 Å². The first kappa shape index (κ1) is 17.4. The minimum Gasteiger partial charge on any atom is -0.339 e. The molecule has 1 N–H and O–H groups in total. The monoisotopic (exact) mass is 346 g/mol. The number of aromatic nitrogens is 2. The molecule has 1 aromatic heterocycles. The van der Waals surface area contributed by atoms with Crippen LogP contribution in [0.5, 0.6) is 0 Å². The Morgan fingerprint density at radius 2 is 2.20 bits per heavy atom. The van der Waals surface area contributed by atoms with Crippen molar-refractivity contribution < 1.29 is 13.7 Å². The van der Waals surface area contributed by atoms with E-state index in [-0.39, 0.29) is 17.8 Å². The van der Waals surface area contributed by atoms with Gasteiger partial charge in [0.15, 0.2) is 5.82 Å². The highest BCUT2D eigenvalue weighted by Crippen LogP contribution is 2.26. The molecule has 1 aliphatic rings. The van der Waals surface area contributed by atoms with Gasteiger partial charge in [-0.3, -0.25) is 0 Å². The first-order valence-corrected chi connectivity index (χ1v) is 8.69. The normalized spacial score (nSPS) is 15.4. The van der Waals surface area contributed by atoms with Crippen molar-refractivity contribution in [3.63, 3.8) is 0 Å². The zero-order valence-corrected chi connectivity index (χ0v) is 14.4. The van der Waals surface area contributed by atoms with E-state index in [9.17, 15) is 9.18 Å². The Kier molecular flexibility index (Phi) is 5.63. The lowest BCUT2D eigenvalue weighted by molar-refractivity contribution is 0.175. The number of aryl methyl sites for hydroxylation is 2. The van der Waals surface area contributed by atoms with Gasteiger partial charge >= 0.3 is 6.03 Å². The molecule has 25 heavy (non-hydrogen) atoms. The Labute approximate surface area is 146 Å². The second-order valence-electron chi connectivity index (χ2n) is 6.41. The third-order valence-corrected chi connectivity index (χ3v) is 4.48. The second-order valence-corrected chi connectivity index (χ2v) is 6.41. The van der Waals surface area contributed by atoms with Crippen LogP contribution in [-0.4, -0.2) is 40.7 Å². The van der Waals surface area contributed by atoms with Crippen molar-refractivity contribution in [3.05, 3.63) is 47.4 Å². The summed E-state index contributed by atoms with van der Waals surface area (Å²) in [5, 5.41) is 6.76. The van der Waals surface area contributed by atoms with Crippen LogP contribution in [0.4, 0.5) is 9.18 Å². The van der Waals surface area contributed by atoms with E-state index < -0.39 is 0 Å². The number of nitrogens with zero attached hydrogens (tertiary/aromatic N) is 3. The van der Waals surface area contributed by atoms with Crippen LogP contribution in [0.1, 0.15) is 42.5 Å². The lowest BCUT2D eigenvalue weighted by atomic mass is 9.97. The van der Waals surface area contributed by atoms with E-state index in [2.05, 4.69) is 15.5 Å². The molecule has 0 saturated carbocycles. The maximum Gasteiger partial charge on any atom is 0.317 e. The summed E-state index contributed by atoms with van der Waals surface area (Å²) in [4.78, 5) is 18.3. The minimum absolute atomic E-state index is 0.0422. The number of rotatable bonds is 5. The topological polar surface area (TPSA) is 71.3 Å². The van der Waals surface area contributed by atoms with Gasteiger partial charge in [0.05, 0.1) is 0 Å². The molecule has 134 valence electrons. The summed E-state index contributed by atoms with van der Waals surface area (Å²) < 4.78 is 18.3. The molecule has 1 aliphatic heterocycles. The number of carbonyl (C=O) groups is 1. The minimum atomic E-state index is -0.221. The zero-order valence-electron chi connectivity index (χ0n) is 14.4. The second kappa shape index (κ2) is 8.09. The molecule has 2 aromatic rings. The fourth-order valence-corrected chi connectivity index (χ4v) is 3.10. The van der Waals surface area contributed by atoms with Crippen LogP contribution >= 0.6 is 0 Å². The molecule has 2 heterocycles. The highest BCUT2D eigenvalue weighted by molar-refractivity contribution is 5.74. The molecule has 0 spiro atoms. The van der Waals surface area contributed by atoms with Crippen LogP contribution < -0.4 is 5.32 Å². The van der Waals surface area contributed by atoms with Gasteiger partial charge in [-0.15, -0.1) is 0 Å². The Morgan fingerprint density at radius 1 is 1.40 bits per heavy atom. The average molecular weight is 346 g/mol. The third-order valence-electron chi connectivity index (χ3n) is 4.48. The molecule has 6 nitrogen and oxygen atoms in total. The van der Waals surface area contributed by atoms with Gasteiger partial charge in [-0.2, -0.15) is 4.98 Å². The van der Waals surface area contributed by atoms with Crippen molar-refractivity contribution in [1.82, 2.24) is 20.4 Å². The first-order chi connectivity index (χ1) is 12.1. The summed E-state index contributed by atoms with van der Waals surface area (Å²) in [6.07, 6.45) is 3.19. The van der Waals surface area contributed by atoms with Crippen LogP contribution in [0.15, 0.2) is 28.8 Å². The Morgan fingerprint density at radius 3 is 2.88 bits per heavy atom. The molecule has 7 heteroatoms. The van der Waals surface area contributed by atoms with E-state index >= 15 is 0 Å². The summed E-state index contributed by atoms with van der Waals surface area (Å²) in [5.41, 5.74) is 0.949. The summed E-state index contributed by atoms with van der Waals surface area (Å²) in [6, 6.07) is 6.53. The molecule has 1 fully saturated rings. The number of halogens is 1. The summed E-state index contributed by atoms with van der Waals surface area (Å²) >= 11 is 0. The van der Waals surface area contributed by atoms with Gasteiger partial charge in [-0.1, -0.05) is 17.3 Å². The van der Waals surface area contributed by atoms with Crippen LogP contribution in [0.3, 0.4) is 0 Å². The predicted octanol–water partition coefficient (Wildman–Crippen LogP) is 3.04. The molecule has 0 radical (unpaired) electrons. The van der Waals surface area contributed by atoms with Gasteiger partial charge in [0.2, 0.25) is 5.89 Å². The number of hydrogen-bond donors (Lipinski definition) is 1. The number of carbonyl (C=O) groups excluding carboxylic acids is 1. The standard InChI is InChI=1S/C18H23FN4O2/c1-13-21-17(25-22-13)15-7-10-23(11-8-15)18(24)20-9-3-5-14-4-2-6-16(19)12-14/h2,4,6,12,15H,3,5,7-11H2,1H3,(H,20,24). The van der Waals surface area contributed by atoms with E-state index in [1.165, 1.54) is 12.1 Å². The van der Waals surface area contributed by atoms with Crippen LogP contribution in [-0.2, 0) is 6.42 Å². The number of piperidine rings is 1. The Balaban J connectivity index is 1.36. The van der Waals surface area contributed by atoms with E-state index in [1.807, 2.05) is 11.0 Å². The number of likely N-dealkylation sites (tertiary alicyclic amines) is 1. The molecule has 0 aliphatic carbocycles. The van der Waals surface area contributed by atoms with Gasteiger partial charge in [-0.25, -0.2) is 9.18 Å². The van der Waals surface area contributed by atoms with Gasteiger partial charge in [0.1, 0.15) is 5.82 Å². The smallest absolute Gasteiger partial charge is 0.317 e. The molecule has 0 bridgehead atoms. The largest absolute Gasteiger partial charge is 0.339 e. The van der Waals surface area contributed by atoms with Crippen molar-refractivity contribution in [2.75, 3.05) is 19.6 Å². The summed E-state index contributed by atoms with van der Waals surface area (Å²) in [6.45, 7) is 3.75. The van der Waals surface area contributed by atoms with Crippen molar-refractivity contribution >= 4 is 6.03 Å². The maximum absolute atomic E-state index is 13.1. The maximum atomic E-state index is 13.1. The van der Waals surface area contributed by atoms with Crippen molar-refractivity contribution in [2.45, 2.75) is 38.5 Å². The van der Waals surface area contributed by atoms with Crippen molar-refractivity contribution in [2.24, 2.45) is 0 Å². The van der Waals surface area contributed by atoms with E-state index in [4.69, 9.17) is 4.52 Å². The molecular formula is C18H23FN4O2. The fourth-order valence-electron chi connectivity index (χ4n) is 3.10. The number of hydrogen-bond acceptors (Lipinski definition) is 4. The lowest BCUT2D eigenvalue weighted by Crippen LogP contribution is -2.44. The first-order valence-electron chi connectivity index (χ1n) is 8.69. The number of urea groups is 1. The Bertz CT molecular complexity index is 711. The lowest BCUT2D eigenvalue weighted by Gasteiger charge is -2.30. The van der Waals surface area contributed by atoms with Gasteiger partial charge < -0.3 is 14.7 Å². The third kappa shape index (κ3) is 4.78. The van der Waals surface area contributed by atoms with E-state index in [1.54, 1.807) is 13.0 Å². The van der Waals surface area contributed by atoms with Crippen LogP contribution in [0, 0.1) is 12.7 Å². The van der Waals surface area contributed by atoms with E-state index in [0.717, 1.165) is 31.2 Å². The quantitative estimate of drug-likeness (QED) is 0.845. The van der Waals surface area contributed by atoms with Gasteiger partial charge in [-0.05, 0) is 50.3 Å². The van der Waals surface area contributed by atoms with Gasteiger partial charge in [0.25, 0.3) is 0 Å². The SMILES string of the molecule is Cc1noc(C2CCN(C(=O)NCCCc3cccc(F)c3)CC2)n1. The molecular weight excluding hydrogens is 323 g/mol. The molecule has 0 unspecified atom stereocenters. The highest BCUT2D eigenvalue weighted by atomic mass is 19.1. The van der Waals surface area contributed by atoms with E-state index in [0.29, 0.717) is 31.3 Å². The number of benzene rings is 1. The highest BCUT2D eigenvalue weighted by Gasteiger charge is 2.26. The molecule has 1 saturated heterocycles. The average Bonchev–Trinajstić information content (AvgIpc) is 3.05. The van der Waals surface area contributed by atoms with Crippen LogP contribution in [0.25, 0.3) is 0 Å². The molecule has 2 amide bonds. The zero-order chi connectivity index (χ0) is 17.6. The van der Waals surface area contributed by atoms with Crippen molar-refractivity contribution in [1.29, 1.82) is 0 Å². The van der Waals surface area contributed by atoms with Gasteiger partial charge in [0, 0.05) is 25.6 Å². The van der Waals surface area contributed by atoms with Crippen LogP contribution in [0.2, 0.25) is 0 Å². The summed E-state index contributed by atoms with van der Waals surface area (Å²) in [7, 11) is 0. The number of amides is 2. The molecule has 3 rings (SSSR count). The predicted molar refractivity (Wildman–Crippen MR) is 90.7 cm³/mol.